The second-order valence-corrected chi connectivity index (χ2v) is 9.53. The number of methoxy groups -OCH3 is 2. The summed E-state index contributed by atoms with van der Waals surface area (Å²) in [5, 5.41) is 71.2. The lowest BCUT2D eigenvalue weighted by molar-refractivity contribution is -0.277. The summed E-state index contributed by atoms with van der Waals surface area (Å²) in [6.07, 6.45) is -7.76. The number of aliphatic hydroxyl groups is 6. The number of rotatable bonds is 9. The average Bonchev–Trinajstić information content (AvgIpc) is 3.25. The summed E-state index contributed by atoms with van der Waals surface area (Å²) in [5.41, 5.74) is -0.165. The van der Waals surface area contributed by atoms with Crippen molar-refractivity contribution >= 4 is 0 Å². The van der Waals surface area contributed by atoms with Crippen LogP contribution in [0.2, 0.25) is 0 Å². The maximum absolute atomic E-state index is 11.5. The third-order valence-corrected chi connectivity index (χ3v) is 7.13. The quantitative estimate of drug-likeness (QED) is 0.212. The van der Waals surface area contributed by atoms with Gasteiger partial charge in [0.2, 0.25) is 6.29 Å². The summed E-state index contributed by atoms with van der Waals surface area (Å²) < 4.78 is 27.6. The van der Waals surface area contributed by atoms with Gasteiger partial charge in [0, 0.05) is 12.3 Å². The highest BCUT2D eigenvalue weighted by molar-refractivity contribution is 5.45. The Morgan fingerprint density at radius 2 is 1.63 bits per heavy atom. The monoisotopic (exact) mass is 538 g/mol. The van der Waals surface area contributed by atoms with Crippen LogP contribution in [0.25, 0.3) is 0 Å². The Labute approximate surface area is 219 Å². The van der Waals surface area contributed by atoms with E-state index in [4.69, 9.17) is 23.7 Å². The molecule has 210 valence electrons. The first-order valence-electron chi connectivity index (χ1n) is 12.1. The highest BCUT2D eigenvalue weighted by atomic mass is 16.7. The highest BCUT2D eigenvalue weighted by Gasteiger charge is 2.49. The number of benzene rings is 2. The Balaban J connectivity index is 1.52. The van der Waals surface area contributed by atoms with Crippen LogP contribution in [0.3, 0.4) is 0 Å². The van der Waals surface area contributed by atoms with Gasteiger partial charge in [0.1, 0.15) is 24.4 Å². The Bertz CT molecular complexity index is 1090. The molecule has 0 bridgehead atoms. The molecule has 0 radical (unpaired) electrons. The maximum atomic E-state index is 11.5. The maximum Gasteiger partial charge on any atom is 0.229 e. The van der Waals surface area contributed by atoms with Gasteiger partial charge in [-0.2, -0.15) is 0 Å². The molecule has 2 aliphatic heterocycles. The predicted octanol–water partition coefficient (Wildman–Crippen LogP) is -0.758. The van der Waals surface area contributed by atoms with Gasteiger partial charge in [-0.25, -0.2) is 0 Å². The second-order valence-electron chi connectivity index (χ2n) is 9.53. The van der Waals surface area contributed by atoms with Crippen LogP contribution in [0.15, 0.2) is 36.4 Å². The zero-order chi connectivity index (χ0) is 27.6. The van der Waals surface area contributed by atoms with Gasteiger partial charge in [-0.15, -0.1) is 0 Å². The van der Waals surface area contributed by atoms with E-state index in [0.29, 0.717) is 11.1 Å². The lowest BCUT2D eigenvalue weighted by Gasteiger charge is -2.39. The van der Waals surface area contributed by atoms with Crippen LogP contribution >= 0.6 is 0 Å². The molecular formula is C26H34O12. The van der Waals surface area contributed by atoms with E-state index in [1.807, 2.05) is 0 Å². The standard InChI is InChI=1S/C26H34O12/c1-34-18-8-14(4-5-16(18)29)24-15(10-27)26(33,12-36-24)9-13-3-6-17(19(7-13)35-2)37-25-23(32)22(31)21(30)20(11-28)38-25/h3-8,15,20-25,27-33H,9-12H2,1-2H3/t15?,20-,21-,22-,23-,24?,25-,26?/m1/s1. The van der Waals surface area contributed by atoms with Crippen LogP contribution in [-0.2, 0) is 15.9 Å². The Hall–Kier alpha value is -2.68. The van der Waals surface area contributed by atoms with Crippen molar-refractivity contribution in [3.05, 3.63) is 47.5 Å². The first kappa shape index (κ1) is 28.3. The molecule has 2 fully saturated rings. The molecule has 7 N–H and O–H groups in total. The number of aromatic hydroxyl groups is 1. The molecule has 12 heteroatoms. The SMILES string of the molecule is COc1cc(C2OCC(O)(Cc3ccc(O[C@@H]4O[C@H](CO)[C@@H](O)[C@@H](O)[C@H]4O)c(OC)c3)C2CO)ccc1O. The van der Waals surface area contributed by atoms with E-state index < -0.39 is 54.9 Å². The third kappa shape index (κ3) is 5.40. The van der Waals surface area contributed by atoms with Crippen LogP contribution in [-0.4, -0.2) is 106 Å². The van der Waals surface area contributed by atoms with E-state index in [2.05, 4.69) is 0 Å². The molecular weight excluding hydrogens is 504 g/mol. The van der Waals surface area contributed by atoms with Crippen LogP contribution in [0.4, 0.5) is 0 Å². The van der Waals surface area contributed by atoms with E-state index in [9.17, 15) is 35.7 Å². The predicted molar refractivity (Wildman–Crippen MR) is 130 cm³/mol. The van der Waals surface area contributed by atoms with Crippen molar-refractivity contribution in [2.45, 2.75) is 48.8 Å². The topological polar surface area (TPSA) is 188 Å². The molecule has 0 spiro atoms. The van der Waals surface area contributed by atoms with Crippen LogP contribution in [0, 0.1) is 5.92 Å². The molecule has 12 nitrogen and oxygen atoms in total. The number of phenols is 1. The zero-order valence-corrected chi connectivity index (χ0v) is 21.0. The van der Waals surface area contributed by atoms with Crippen molar-refractivity contribution in [1.29, 1.82) is 0 Å². The first-order valence-corrected chi connectivity index (χ1v) is 12.1. The van der Waals surface area contributed by atoms with Crippen molar-refractivity contribution in [2.24, 2.45) is 5.92 Å². The van der Waals surface area contributed by atoms with Gasteiger partial charge in [-0.3, -0.25) is 0 Å². The minimum atomic E-state index is -1.59. The molecule has 2 aliphatic rings. The smallest absolute Gasteiger partial charge is 0.229 e. The minimum absolute atomic E-state index is 0.0387. The van der Waals surface area contributed by atoms with E-state index in [1.165, 1.54) is 26.4 Å². The summed E-state index contributed by atoms with van der Waals surface area (Å²) in [6.45, 7) is -1.01. The van der Waals surface area contributed by atoms with E-state index in [-0.39, 0.29) is 42.6 Å². The fourth-order valence-corrected chi connectivity index (χ4v) is 4.95. The molecule has 38 heavy (non-hydrogen) atoms. The molecule has 8 atom stereocenters. The summed E-state index contributed by atoms with van der Waals surface area (Å²) in [5.74, 6) is -0.0840. The van der Waals surface area contributed by atoms with Gasteiger partial charge in [-0.1, -0.05) is 12.1 Å². The minimum Gasteiger partial charge on any atom is -0.504 e. The van der Waals surface area contributed by atoms with E-state index in [1.54, 1.807) is 24.3 Å². The second kappa shape index (κ2) is 11.6. The highest BCUT2D eigenvalue weighted by Crippen LogP contribution is 2.44. The Morgan fingerprint density at radius 3 is 2.29 bits per heavy atom. The zero-order valence-electron chi connectivity index (χ0n) is 21.0. The average molecular weight is 539 g/mol. The molecule has 0 amide bonds. The number of phenolic OH excluding ortho intramolecular Hbond substituents is 1. The molecule has 3 unspecified atom stereocenters. The lowest BCUT2D eigenvalue weighted by Crippen LogP contribution is -2.60. The molecule has 0 saturated carbocycles. The largest absolute Gasteiger partial charge is 0.504 e. The summed E-state index contributed by atoms with van der Waals surface area (Å²) in [7, 11) is 2.82. The number of ether oxygens (including phenoxy) is 5. The fourth-order valence-electron chi connectivity index (χ4n) is 4.95. The van der Waals surface area contributed by atoms with Gasteiger partial charge < -0.3 is 59.4 Å². The van der Waals surface area contributed by atoms with Gasteiger partial charge in [-0.05, 0) is 35.4 Å². The Morgan fingerprint density at radius 1 is 0.895 bits per heavy atom. The van der Waals surface area contributed by atoms with Crippen molar-refractivity contribution < 1.29 is 59.4 Å². The summed E-state index contributed by atoms with van der Waals surface area (Å²) >= 11 is 0. The molecule has 4 rings (SSSR count). The van der Waals surface area contributed by atoms with Gasteiger partial charge in [0.05, 0.1) is 45.7 Å². The molecule has 2 aromatic rings. The molecule has 2 saturated heterocycles. The number of aliphatic hydroxyl groups excluding tert-OH is 5. The van der Waals surface area contributed by atoms with Crippen molar-refractivity contribution in [3.8, 4) is 23.0 Å². The van der Waals surface area contributed by atoms with Gasteiger partial charge in [0.25, 0.3) is 0 Å². The van der Waals surface area contributed by atoms with Gasteiger partial charge >= 0.3 is 0 Å². The molecule has 0 aromatic heterocycles. The summed E-state index contributed by atoms with van der Waals surface area (Å²) in [4.78, 5) is 0. The third-order valence-electron chi connectivity index (χ3n) is 7.13. The van der Waals surface area contributed by atoms with E-state index in [0.717, 1.165) is 0 Å². The molecule has 0 aliphatic carbocycles. The molecule has 2 heterocycles. The van der Waals surface area contributed by atoms with Crippen LogP contribution in [0.5, 0.6) is 23.0 Å². The number of hydrogen-bond donors (Lipinski definition) is 7. The van der Waals surface area contributed by atoms with Gasteiger partial charge in [0.15, 0.2) is 23.0 Å². The van der Waals surface area contributed by atoms with E-state index >= 15 is 0 Å². The van der Waals surface area contributed by atoms with Crippen LogP contribution in [0.1, 0.15) is 17.2 Å². The molecule has 2 aromatic carbocycles. The lowest BCUT2D eigenvalue weighted by atomic mass is 9.80. The Kier molecular flexibility index (Phi) is 8.65. The number of hydrogen-bond acceptors (Lipinski definition) is 12. The van der Waals surface area contributed by atoms with Crippen LogP contribution < -0.4 is 14.2 Å². The normalized spacial score (nSPS) is 33.2. The fraction of sp³-hybridized carbons (Fsp3) is 0.538. The van der Waals surface area contributed by atoms with Crippen molar-refractivity contribution in [2.75, 3.05) is 34.0 Å². The van der Waals surface area contributed by atoms with Crippen molar-refractivity contribution in [3.63, 3.8) is 0 Å². The summed E-state index contributed by atoms with van der Waals surface area (Å²) in [6, 6.07) is 9.51. The van der Waals surface area contributed by atoms with Crippen molar-refractivity contribution in [1.82, 2.24) is 0 Å². The first-order chi connectivity index (χ1) is 18.1.